The molecule has 1 saturated heterocycles. The number of hydrogen-bond donors (Lipinski definition) is 1. The number of ether oxygens (including phenoxy) is 1. The number of amides is 1. The minimum absolute atomic E-state index is 0.203. The Bertz CT molecular complexity index is 1240. The second-order valence-corrected chi connectivity index (χ2v) is 9.07. The molecule has 2 aromatic carbocycles. The number of unbranched alkanes of at least 4 members (excludes halogenated alkanes) is 1. The zero-order chi connectivity index (χ0) is 24.9. The van der Waals surface area contributed by atoms with Gasteiger partial charge in [0.25, 0.3) is 11.5 Å². The van der Waals surface area contributed by atoms with Crippen LogP contribution in [0.2, 0.25) is 0 Å². The molecule has 3 aromatic rings. The van der Waals surface area contributed by atoms with E-state index in [-0.39, 0.29) is 11.5 Å². The van der Waals surface area contributed by atoms with Crippen molar-refractivity contribution < 1.29 is 14.6 Å². The summed E-state index contributed by atoms with van der Waals surface area (Å²) < 4.78 is 7.07. The average molecular weight is 476 g/mol. The van der Waals surface area contributed by atoms with E-state index in [1.807, 2.05) is 49.4 Å². The van der Waals surface area contributed by atoms with Crippen LogP contribution in [0.4, 0.5) is 0 Å². The van der Waals surface area contributed by atoms with Crippen LogP contribution in [0.3, 0.4) is 0 Å². The van der Waals surface area contributed by atoms with Gasteiger partial charge in [-0.15, -0.1) is 0 Å². The fraction of sp³-hybridized carbons (Fsp3) is 0.393. The van der Waals surface area contributed by atoms with Crippen LogP contribution in [-0.4, -0.2) is 45.7 Å². The molecular formula is C28H33N3O4. The first-order chi connectivity index (χ1) is 17.0. The second-order valence-electron chi connectivity index (χ2n) is 9.07. The summed E-state index contributed by atoms with van der Waals surface area (Å²) in [5, 5.41) is 10.8. The van der Waals surface area contributed by atoms with Gasteiger partial charge in [0.05, 0.1) is 13.2 Å². The highest BCUT2D eigenvalue weighted by Gasteiger charge is 2.33. The van der Waals surface area contributed by atoms with Gasteiger partial charge in [-0.3, -0.25) is 14.2 Å². The molecule has 1 fully saturated rings. The number of benzene rings is 2. The molecule has 1 aromatic heterocycles. The van der Waals surface area contributed by atoms with E-state index >= 15 is 0 Å². The van der Waals surface area contributed by atoms with E-state index in [4.69, 9.17) is 4.74 Å². The molecule has 7 heteroatoms. The minimum atomic E-state index is -0.518. The highest BCUT2D eigenvalue weighted by molar-refractivity contribution is 5.96. The first kappa shape index (κ1) is 24.5. The van der Waals surface area contributed by atoms with Gasteiger partial charge in [0.1, 0.15) is 11.6 Å². The molecule has 0 saturated carbocycles. The smallest absolute Gasteiger partial charge is 0.270 e. The number of methoxy groups -OCH3 is 1. The molecule has 4 rings (SSSR count). The van der Waals surface area contributed by atoms with Crippen LogP contribution in [0.15, 0.2) is 59.4 Å². The average Bonchev–Trinajstić information content (AvgIpc) is 3.38. The molecule has 2 heterocycles. The minimum Gasteiger partial charge on any atom is -0.496 e. The zero-order valence-corrected chi connectivity index (χ0v) is 20.6. The molecule has 0 bridgehead atoms. The lowest BCUT2D eigenvalue weighted by Crippen LogP contribution is -2.38. The van der Waals surface area contributed by atoms with Gasteiger partial charge in [-0.2, -0.15) is 4.98 Å². The Labute approximate surface area is 206 Å². The second kappa shape index (κ2) is 10.8. The standard InChI is InChI=1S/C28H33N3O4/c1-4-5-15-24-29-26(32)25(27(33)30-17-16-21(18-30)20-11-7-6-8-12-20)28(34)31(24)19(2)22-13-9-10-14-23(22)35-3/h6-14,19,21,32H,4-5,15-18H2,1-3H3/t19?,21-/m1/s1. The number of carbonyl (C=O) groups excluding carboxylic acids is 1. The van der Waals surface area contributed by atoms with Gasteiger partial charge in [0.2, 0.25) is 5.88 Å². The third-order valence-electron chi connectivity index (χ3n) is 6.86. The Morgan fingerprint density at radius 2 is 1.89 bits per heavy atom. The van der Waals surface area contributed by atoms with E-state index in [1.165, 1.54) is 5.56 Å². The third-order valence-corrected chi connectivity index (χ3v) is 6.86. The number of aromatic hydroxyl groups is 1. The number of rotatable bonds is 8. The molecular weight excluding hydrogens is 442 g/mol. The normalized spacial score (nSPS) is 16.3. The van der Waals surface area contributed by atoms with E-state index in [2.05, 4.69) is 24.0 Å². The van der Waals surface area contributed by atoms with Crippen molar-refractivity contribution in [2.45, 2.75) is 51.5 Å². The number of hydrogen-bond acceptors (Lipinski definition) is 5. The van der Waals surface area contributed by atoms with E-state index in [0.717, 1.165) is 24.8 Å². The van der Waals surface area contributed by atoms with E-state index in [1.54, 1.807) is 16.6 Å². The SMILES string of the molecule is CCCCc1nc(O)c(C(=O)N2CC[C@@H](c3ccccc3)C2)c(=O)n1C(C)c1ccccc1OC. The lowest BCUT2D eigenvalue weighted by atomic mass is 9.99. The number of aryl methyl sites for hydroxylation is 1. The van der Waals surface area contributed by atoms with Gasteiger partial charge in [-0.25, -0.2) is 0 Å². The first-order valence-electron chi connectivity index (χ1n) is 12.3. The number of likely N-dealkylation sites (tertiary alicyclic amines) is 1. The van der Waals surface area contributed by atoms with Crippen molar-refractivity contribution in [1.82, 2.24) is 14.5 Å². The highest BCUT2D eigenvalue weighted by Crippen LogP contribution is 2.31. The Hall–Kier alpha value is -3.61. The molecule has 1 unspecified atom stereocenters. The Morgan fingerprint density at radius 1 is 1.17 bits per heavy atom. The predicted molar refractivity (Wildman–Crippen MR) is 135 cm³/mol. The Kier molecular flexibility index (Phi) is 7.54. The summed E-state index contributed by atoms with van der Waals surface area (Å²) >= 11 is 0. The fourth-order valence-corrected chi connectivity index (χ4v) is 4.91. The lowest BCUT2D eigenvalue weighted by molar-refractivity contribution is 0.0783. The van der Waals surface area contributed by atoms with Crippen molar-refractivity contribution >= 4 is 5.91 Å². The van der Waals surface area contributed by atoms with Gasteiger partial charge in [-0.1, -0.05) is 61.9 Å². The zero-order valence-electron chi connectivity index (χ0n) is 20.6. The monoisotopic (exact) mass is 475 g/mol. The number of nitrogens with zero attached hydrogens (tertiary/aromatic N) is 3. The van der Waals surface area contributed by atoms with Crippen LogP contribution >= 0.6 is 0 Å². The summed E-state index contributed by atoms with van der Waals surface area (Å²) in [6.45, 7) is 4.97. The van der Waals surface area contributed by atoms with Crippen LogP contribution in [0.5, 0.6) is 11.6 Å². The van der Waals surface area contributed by atoms with E-state index in [0.29, 0.717) is 31.1 Å². The molecule has 0 radical (unpaired) electrons. The maximum absolute atomic E-state index is 13.8. The maximum atomic E-state index is 13.8. The number of para-hydroxylation sites is 1. The molecule has 1 N–H and O–H groups in total. The summed E-state index contributed by atoms with van der Waals surface area (Å²) in [6, 6.07) is 17.1. The molecule has 0 spiro atoms. The van der Waals surface area contributed by atoms with Crippen LogP contribution in [0.1, 0.15) is 72.4 Å². The van der Waals surface area contributed by atoms with Crippen molar-refractivity contribution in [2.75, 3.05) is 20.2 Å². The lowest BCUT2D eigenvalue weighted by Gasteiger charge is -2.23. The van der Waals surface area contributed by atoms with Gasteiger partial charge in [-0.05, 0) is 31.4 Å². The van der Waals surface area contributed by atoms with Gasteiger partial charge < -0.3 is 14.7 Å². The molecule has 0 aliphatic carbocycles. The summed E-state index contributed by atoms with van der Waals surface area (Å²) in [5.74, 6) is 0.362. The number of carbonyl (C=O) groups is 1. The summed E-state index contributed by atoms with van der Waals surface area (Å²) in [5.41, 5.74) is 1.20. The van der Waals surface area contributed by atoms with Crippen molar-refractivity contribution in [2.24, 2.45) is 0 Å². The van der Waals surface area contributed by atoms with Gasteiger partial charge in [0, 0.05) is 31.0 Å². The molecule has 1 amide bonds. The van der Waals surface area contributed by atoms with Crippen molar-refractivity contribution in [3.8, 4) is 11.6 Å². The molecule has 7 nitrogen and oxygen atoms in total. The topological polar surface area (TPSA) is 84.7 Å². The van der Waals surface area contributed by atoms with Crippen LogP contribution in [0.25, 0.3) is 0 Å². The predicted octanol–water partition coefficient (Wildman–Crippen LogP) is 4.54. The van der Waals surface area contributed by atoms with Crippen LogP contribution < -0.4 is 10.3 Å². The fourth-order valence-electron chi connectivity index (χ4n) is 4.91. The van der Waals surface area contributed by atoms with Crippen LogP contribution in [-0.2, 0) is 6.42 Å². The van der Waals surface area contributed by atoms with Gasteiger partial charge in [0.15, 0.2) is 5.56 Å². The summed E-state index contributed by atoms with van der Waals surface area (Å²) in [7, 11) is 1.59. The highest BCUT2D eigenvalue weighted by atomic mass is 16.5. The molecule has 2 atom stereocenters. The summed E-state index contributed by atoms with van der Waals surface area (Å²) in [6.07, 6.45) is 3.05. The van der Waals surface area contributed by atoms with Gasteiger partial charge >= 0.3 is 0 Å². The van der Waals surface area contributed by atoms with Crippen molar-refractivity contribution in [3.63, 3.8) is 0 Å². The quantitative estimate of drug-likeness (QED) is 0.517. The van der Waals surface area contributed by atoms with Crippen LogP contribution in [0, 0.1) is 0 Å². The molecule has 1 aliphatic heterocycles. The largest absolute Gasteiger partial charge is 0.496 e. The molecule has 1 aliphatic rings. The summed E-state index contributed by atoms with van der Waals surface area (Å²) in [4.78, 5) is 33.4. The van der Waals surface area contributed by atoms with Crippen molar-refractivity contribution in [1.29, 1.82) is 0 Å². The maximum Gasteiger partial charge on any atom is 0.270 e. The van der Waals surface area contributed by atoms with E-state index < -0.39 is 23.4 Å². The molecule has 35 heavy (non-hydrogen) atoms. The number of aromatic nitrogens is 2. The molecule has 184 valence electrons. The van der Waals surface area contributed by atoms with Crippen molar-refractivity contribution in [3.05, 3.63) is 87.5 Å². The van der Waals surface area contributed by atoms with E-state index in [9.17, 15) is 14.7 Å². The first-order valence-corrected chi connectivity index (χ1v) is 12.3. The third kappa shape index (κ3) is 4.94. The Morgan fingerprint density at radius 3 is 2.60 bits per heavy atom. The Balaban J connectivity index is 1.73.